The first-order valence-electron chi connectivity index (χ1n) is 5.75. The highest BCUT2D eigenvalue weighted by atomic mass is 15.1. The predicted molar refractivity (Wildman–Crippen MR) is 65.7 cm³/mol. The van der Waals surface area contributed by atoms with E-state index < -0.39 is 0 Å². The van der Waals surface area contributed by atoms with Crippen LogP contribution in [0.5, 0.6) is 0 Å². The van der Waals surface area contributed by atoms with E-state index in [-0.39, 0.29) is 0 Å². The highest BCUT2D eigenvalue weighted by molar-refractivity contribution is 5.25. The van der Waals surface area contributed by atoms with Crippen LogP contribution in [0.3, 0.4) is 0 Å². The van der Waals surface area contributed by atoms with Crippen LogP contribution in [-0.2, 0) is 6.54 Å². The second-order valence-corrected chi connectivity index (χ2v) is 3.85. The van der Waals surface area contributed by atoms with E-state index in [2.05, 4.69) is 49.9 Å². The molecule has 1 aromatic rings. The van der Waals surface area contributed by atoms with Gasteiger partial charge in [0.1, 0.15) is 0 Å². The van der Waals surface area contributed by atoms with Gasteiger partial charge in [-0.25, -0.2) is 0 Å². The number of rotatable bonds is 5. The second-order valence-electron chi connectivity index (χ2n) is 3.85. The minimum atomic E-state index is 0.478. The van der Waals surface area contributed by atoms with Gasteiger partial charge in [0.2, 0.25) is 0 Å². The lowest BCUT2D eigenvalue weighted by atomic mass is 10.0. The van der Waals surface area contributed by atoms with Crippen molar-refractivity contribution in [2.24, 2.45) is 5.73 Å². The van der Waals surface area contributed by atoms with Crippen LogP contribution < -0.4 is 5.73 Å². The minimum absolute atomic E-state index is 0.478. The molecule has 0 heterocycles. The number of hydrogen-bond acceptors (Lipinski definition) is 2. The Balaban J connectivity index is 2.84. The van der Waals surface area contributed by atoms with Crippen molar-refractivity contribution >= 4 is 0 Å². The topological polar surface area (TPSA) is 29.3 Å². The average molecular weight is 206 g/mol. The summed E-state index contributed by atoms with van der Waals surface area (Å²) >= 11 is 0. The molecule has 0 bridgehead atoms. The Morgan fingerprint density at radius 3 is 2.47 bits per heavy atom. The maximum Gasteiger partial charge on any atom is 0.0319 e. The van der Waals surface area contributed by atoms with Crippen molar-refractivity contribution in [3.8, 4) is 0 Å². The summed E-state index contributed by atoms with van der Waals surface area (Å²) in [5.74, 6) is 0. The Labute approximate surface area is 93.1 Å². The van der Waals surface area contributed by atoms with E-state index in [0.717, 1.165) is 13.1 Å². The zero-order chi connectivity index (χ0) is 11.3. The van der Waals surface area contributed by atoms with E-state index >= 15 is 0 Å². The molecule has 2 N–H and O–H groups in total. The highest BCUT2D eigenvalue weighted by Gasteiger charge is 2.11. The molecular formula is C13H22N2. The lowest BCUT2D eigenvalue weighted by Crippen LogP contribution is -2.26. The maximum atomic E-state index is 5.65. The van der Waals surface area contributed by atoms with Crippen molar-refractivity contribution < 1.29 is 0 Å². The molecule has 0 radical (unpaired) electrons. The van der Waals surface area contributed by atoms with Crippen molar-refractivity contribution in [1.29, 1.82) is 0 Å². The van der Waals surface area contributed by atoms with Gasteiger partial charge in [0.25, 0.3) is 0 Å². The van der Waals surface area contributed by atoms with Crippen LogP contribution in [0.25, 0.3) is 0 Å². The quantitative estimate of drug-likeness (QED) is 0.802. The van der Waals surface area contributed by atoms with Crippen LogP contribution in [0, 0.1) is 0 Å². The van der Waals surface area contributed by atoms with Crippen molar-refractivity contribution in [3.05, 3.63) is 35.4 Å². The van der Waals surface area contributed by atoms with Crippen LogP contribution in [0.4, 0.5) is 0 Å². The third-order valence-electron chi connectivity index (χ3n) is 3.03. The Hall–Kier alpha value is -0.860. The van der Waals surface area contributed by atoms with Gasteiger partial charge in [-0.1, -0.05) is 38.1 Å². The Bertz CT molecular complexity index is 292. The maximum absolute atomic E-state index is 5.65. The standard InChI is InChI=1S/C13H22N2/c1-4-15(5-2)11(3)13-8-6-7-12(9-13)10-14/h6-9,11H,4-5,10,14H2,1-3H3. The molecule has 2 heteroatoms. The fourth-order valence-corrected chi connectivity index (χ4v) is 1.96. The molecule has 0 aliphatic heterocycles. The average Bonchev–Trinajstić information content (AvgIpc) is 2.30. The number of nitrogens with two attached hydrogens (primary N) is 1. The molecule has 0 spiro atoms. The Morgan fingerprint density at radius 2 is 1.93 bits per heavy atom. The molecule has 0 fully saturated rings. The predicted octanol–water partition coefficient (Wildman–Crippen LogP) is 2.55. The van der Waals surface area contributed by atoms with Gasteiger partial charge in [-0.2, -0.15) is 0 Å². The van der Waals surface area contributed by atoms with Crippen LogP contribution in [0.1, 0.15) is 37.9 Å². The summed E-state index contributed by atoms with van der Waals surface area (Å²) < 4.78 is 0. The smallest absolute Gasteiger partial charge is 0.0319 e. The molecule has 0 saturated carbocycles. The van der Waals surface area contributed by atoms with Crippen LogP contribution in [0.15, 0.2) is 24.3 Å². The molecular weight excluding hydrogens is 184 g/mol. The van der Waals surface area contributed by atoms with Gasteiger partial charge < -0.3 is 5.73 Å². The van der Waals surface area contributed by atoms with Gasteiger partial charge in [-0.05, 0) is 31.1 Å². The van der Waals surface area contributed by atoms with Crippen molar-refractivity contribution in [1.82, 2.24) is 4.90 Å². The molecule has 0 aliphatic rings. The zero-order valence-corrected chi connectivity index (χ0v) is 10.0. The lowest BCUT2D eigenvalue weighted by molar-refractivity contribution is 0.234. The van der Waals surface area contributed by atoms with E-state index in [0.29, 0.717) is 12.6 Å². The summed E-state index contributed by atoms with van der Waals surface area (Å²) in [6.45, 7) is 9.45. The van der Waals surface area contributed by atoms with E-state index in [1.807, 2.05) is 0 Å². The van der Waals surface area contributed by atoms with Gasteiger partial charge in [-0.3, -0.25) is 4.90 Å². The Kier molecular flexibility index (Phi) is 4.79. The van der Waals surface area contributed by atoms with Gasteiger partial charge in [0.05, 0.1) is 0 Å². The summed E-state index contributed by atoms with van der Waals surface area (Å²) in [5.41, 5.74) is 8.22. The van der Waals surface area contributed by atoms with E-state index in [4.69, 9.17) is 5.73 Å². The summed E-state index contributed by atoms with van der Waals surface area (Å²) in [5, 5.41) is 0. The SMILES string of the molecule is CCN(CC)C(C)c1cccc(CN)c1. The van der Waals surface area contributed by atoms with Crippen LogP contribution >= 0.6 is 0 Å². The summed E-state index contributed by atoms with van der Waals surface area (Å²) in [6, 6.07) is 9.05. The number of benzene rings is 1. The molecule has 2 nitrogen and oxygen atoms in total. The van der Waals surface area contributed by atoms with E-state index in [1.165, 1.54) is 11.1 Å². The Morgan fingerprint density at radius 1 is 1.27 bits per heavy atom. The number of nitrogens with zero attached hydrogens (tertiary/aromatic N) is 1. The zero-order valence-electron chi connectivity index (χ0n) is 10.0. The number of hydrogen-bond donors (Lipinski definition) is 1. The lowest BCUT2D eigenvalue weighted by Gasteiger charge is -2.26. The van der Waals surface area contributed by atoms with Crippen molar-refractivity contribution in [2.45, 2.75) is 33.4 Å². The summed E-state index contributed by atoms with van der Waals surface area (Å²) in [7, 11) is 0. The fourth-order valence-electron chi connectivity index (χ4n) is 1.96. The van der Waals surface area contributed by atoms with Gasteiger partial charge in [0.15, 0.2) is 0 Å². The molecule has 0 saturated heterocycles. The van der Waals surface area contributed by atoms with Crippen LogP contribution in [0.2, 0.25) is 0 Å². The van der Waals surface area contributed by atoms with E-state index in [1.54, 1.807) is 0 Å². The minimum Gasteiger partial charge on any atom is -0.326 e. The summed E-state index contributed by atoms with van der Waals surface area (Å²) in [6.07, 6.45) is 0. The fraction of sp³-hybridized carbons (Fsp3) is 0.538. The molecule has 1 unspecified atom stereocenters. The third-order valence-corrected chi connectivity index (χ3v) is 3.03. The highest BCUT2D eigenvalue weighted by Crippen LogP contribution is 2.20. The molecule has 1 rings (SSSR count). The van der Waals surface area contributed by atoms with Gasteiger partial charge >= 0.3 is 0 Å². The van der Waals surface area contributed by atoms with Gasteiger partial charge in [0, 0.05) is 12.6 Å². The second kappa shape index (κ2) is 5.89. The molecule has 1 atom stereocenters. The van der Waals surface area contributed by atoms with E-state index in [9.17, 15) is 0 Å². The normalized spacial score (nSPS) is 13.1. The van der Waals surface area contributed by atoms with Crippen molar-refractivity contribution in [2.75, 3.05) is 13.1 Å². The molecule has 0 aliphatic carbocycles. The first-order chi connectivity index (χ1) is 7.22. The summed E-state index contributed by atoms with van der Waals surface area (Å²) in [4.78, 5) is 2.44. The van der Waals surface area contributed by atoms with Crippen LogP contribution in [-0.4, -0.2) is 18.0 Å². The monoisotopic (exact) mass is 206 g/mol. The third kappa shape index (κ3) is 3.05. The van der Waals surface area contributed by atoms with Gasteiger partial charge in [-0.15, -0.1) is 0 Å². The first-order valence-corrected chi connectivity index (χ1v) is 5.75. The molecule has 15 heavy (non-hydrogen) atoms. The largest absolute Gasteiger partial charge is 0.326 e. The molecule has 0 amide bonds. The molecule has 1 aromatic carbocycles. The van der Waals surface area contributed by atoms with Crippen molar-refractivity contribution in [3.63, 3.8) is 0 Å². The molecule has 0 aromatic heterocycles. The molecule has 84 valence electrons. The first kappa shape index (κ1) is 12.2.